The van der Waals surface area contributed by atoms with Crippen molar-refractivity contribution in [2.75, 3.05) is 41.5 Å². The molecule has 3 N–H and O–H groups in total. The van der Waals surface area contributed by atoms with Crippen LogP contribution in [0.25, 0.3) is 0 Å². The Bertz CT molecular complexity index is 872. The number of rotatable bonds is 11. The van der Waals surface area contributed by atoms with E-state index in [0.29, 0.717) is 12.1 Å². The molecule has 2 rings (SSSR count). The van der Waals surface area contributed by atoms with Gasteiger partial charge in [0.1, 0.15) is 0 Å². The van der Waals surface area contributed by atoms with E-state index in [1.54, 1.807) is 0 Å². The van der Waals surface area contributed by atoms with Crippen LogP contribution in [0.3, 0.4) is 0 Å². The number of hydrogen-bond acceptors (Lipinski definition) is 6. The minimum atomic E-state index is -0.632. The zero-order valence-corrected chi connectivity index (χ0v) is 18.7. The maximum atomic E-state index is 12.9. The number of nitrogens with zero attached hydrogens (tertiary/aromatic N) is 1. The number of carbonyl (C=O) groups excluding carboxylic acids is 2. The first-order chi connectivity index (χ1) is 14.8. The number of amides is 2. The van der Waals surface area contributed by atoms with Crippen molar-refractivity contribution in [2.24, 2.45) is 5.73 Å². The lowest BCUT2D eigenvalue weighted by Crippen LogP contribution is -2.34. The molecule has 0 aliphatic heterocycles. The second kappa shape index (κ2) is 11.2. The second-order valence-corrected chi connectivity index (χ2v) is 7.25. The summed E-state index contributed by atoms with van der Waals surface area (Å²) < 4.78 is 16.0. The highest BCUT2D eigenvalue weighted by Gasteiger charge is 2.20. The summed E-state index contributed by atoms with van der Waals surface area (Å²) in [5, 5.41) is 2.97. The van der Waals surface area contributed by atoms with Gasteiger partial charge in [-0.1, -0.05) is 31.2 Å². The van der Waals surface area contributed by atoms with Gasteiger partial charge in [0.05, 0.1) is 20.3 Å². The quantitative estimate of drug-likeness (QED) is 0.567. The van der Waals surface area contributed by atoms with Crippen LogP contribution in [0, 0.1) is 0 Å². The number of aryl methyl sites for hydroxylation is 1. The monoisotopic (exact) mass is 429 g/mol. The maximum absolute atomic E-state index is 12.9. The molecule has 31 heavy (non-hydrogen) atoms. The second-order valence-electron chi connectivity index (χ2n) is 7.25. The number of nitrogens with two attached hydrogens (primary N) is 1. The van der Waals surface area contributed by atoms with Crippen molar-refractivity contribution in [2.45, 2.75) is 19.4 Å². The van der Waals surface area contributed by atoms with Crippen LogP contribution in [0.15, 0.2) is 36.4 Å². The summed E-state index contributed by atoms with van der Waals surface area (Å²) >= 11 is 0. The predicted octanol–water partition coefficient (Wildman–Crippen LogP) is 2.16. The minimum Gasteiger partial charge on any atom is -0.493 e. The van der Waals surface area contributed by atoms with E-state index in [1.165, 1.54) is 31.9 Å². The molecule has 0 radical (unpaired) electrons. The Labute approximate surface area is 183 Å². The lowest BCUT2D eigenvalue weighted by atomic mass is 10.0. The van der Waals surface area contributed by atoms with E-state index in [1.807, 2.05) is 14.1 Å². The highest BCUT2D eigenvalue weighted by molar-refractivity contribution is 5.95. The molecule has 8 heteroatoms. The fourth-order valence-corrected chi connectivity index (χ4v) is 3.16. The molecule has 0 spiro atoms. The molecule has 0 aromatic heterocycles. The fraction of sp³-hybridized carbons (Fsp3) is 0.391. The average Bonchev–Trinajstić information content (AvgIpc) is 2.77. The summed E-state index contributed by atoms with van der Waals surface area (Å²) in [6.45, 7) is 2.20. The summed E-state index contributed by atoms with van der Waals surface area (Å²) in [7, 11) is 6.83. The van der Waals surface area contributed by atoms with Gasteiger partial charge in [0.25, 0.3) is 11.8 Å². The molecular formula is C23H31N3O5. The molecular weight excluding hydrogens is 398 g/mol. The molecule has 2 aromatic carbocycles. The number of nitrogens with one attached hydrogen (secondary N) is 1. The first-order valence-electron chi connectivity index (χ1n) is 10.0. The number of benzene rings is 2. The van der Waals surface area contributed by atoms with Crippen LogP contribution in [-0.2, 0) is 11.2 Å². The van der Waals surface area contributed by atoms with Gasteiger partial charge in [-0.25, -0.2) is 0 Å². The fourth-order valence-electron chi connectivity index (χ4n) is 3.16. The van der Waals surface area contributed by atoms with E-state index in [0.717, 1.165) is 12.0 Å². The van der Waals surface area contributed by atoms with Crippen molar-refractivity contribution in [3.63, 3.8) is 0 Å². The van der Waals surface area contributed by atoms with E-state index in [4.69, 9.17) is 19.9 Å². The van der Waals surface area contributed by atoms with Crippen molar-refractivity contribution in [1.82, 2.24) is 10.2 Å². The van der Waals surface area contributed by atoms with Gasteiger partial charge in [-0.15, -0.1) is 0 Å². The van der Waals surface area contributed by atoms with Crippen molar-refractivity contribution in [3.05, 3.63) is 53.1 Å². The zero-order chi connectivity index (χ0) is 23.0. The van der Waals surface area contributed by atoms with Gasteiger partial charge in [-0.2, -0.15) is 0 Å². The van der Waals surface area contributed by atoms with Crippen molar-refractivity contribution >= 4 is 11.8 Å². The summed E-state index contributed by atoms with van der Waals surface area (Å²) in [4.78, 5) is 26.0. The molecule has 0 heterocycles. The average molecular weight is 430 g/mol. The van der Waals surface area contributed by atoms with Crippen LogP contribution in [0.1, 0.15) is 34.5 Å². The Morgan fingerprint density at radius 1 is 1.06 bits per heavy atom. The molecule has 1 unspecified atom stereocenters. The zero-order valence-electron chi connectivity index (χ0n) is 18.7. The molecule has 1 atom stereocenters. The number of ether oxygens (including phenoxy) is 3. The molecule has 168 valence electrons. The van der Waals surface area contributed by atoms with Gasteiger partial charge in [0.2, 0.25) is 5.75 Å². The molecule has 2 amide bonds. The van der Waals surface area contributed by atoms with Crippen LogP contribution >= 0.6 is 0 Å². The highest BCUT2D eigenvalue weighted by atomic mass is 16.5. The van der Waals surface area contributed by atoms with Crippen LogP contribution in [-0.4, -0.2) is 58.2 Å². The van der Waals surface area contributed by atoms with Gasteiger partial charge >= 0.3 is 0 Å². The van der Waals surface area contributed by atoms with Crippen molar-refractivity contribution in [1.29, 1.82) is 0 Å². The summed E-state index contributed by atoms with van der Waals surface area (Å²) in [6.07, 6.45) is 0.979. The summed E-state index contributed by atoms with van der Waals surface area (Å²) in [5.74, 6) is -0.166. The first-order valence-corrected chi connectivity index (χ1v) is 10.0. The molecule has 0 saturated carbocycles. The van der Waals surface area contributed by atoms with Crippen LogP contribution in [0.4, 0.5) is 0 Å². The predicted molar refractivity (Wildman–Crippen MR) is 119 cm³/mol. The van der Waals surface area contributed by atoms with Gasteiger partial charge < -0.3 is 30.2 Å². The van der Waals surface area contributed by atoms with Gasteiger partial charge in [0, 0.05) is 12.1 Å². The Hall–Kier alpha value is -3.26. The number of hydrogen-bond donors (Lipinski definition) is 2. The van der Waals surface area contributed by atoms with Crippen LogP contribution in [0.5, 0.6) is 17.2 Å². The Morgan fingerprint density at radius 2 is 1.65 bits per heavy atom. The smallest absolute Gasteiger partial charge is 0.255 e. The van der Waals surface area contributed by atoms with E-state index < -0.39 is 5.91 Å². The van der Waals surface area contributed by atoms with E-state index in [2.05, 4.69) is 41.4 Å². The lowest BCUT2D eigenvalue weighted by molar-refractivity contribution is -0.120. The third kappa shape index (κ3) is 6.36. The Kier molecular flexibility index (Phi) is 8.69. The van der Waals surface area contributed by atoms with Crippen molar-refractivity contribution < 1.29 is 23.8 Å². The maximum Gasteiger partial charge on any atom is 0.255 e. The molecule has 0 fully saturated rings. The van der Waals surface area contributed by atoms with Crippen LogP contribution in [0.2, 0.25) is 0 Å². The van der Waals surface area contributed by atoms with Gasteiger partial charge in [-0.05, 0) is 43.8 Å². The third-order valence-electron chi connectivity index (χ3n) is 4.93. The van der Waals surface area contributed by atoms with E-state index in [9.17, 15) is 9.59 Å². The minimum absolute atomic E-state index is 0.0109. The van der Waals surface area contributed by atoms with Gasteiger partial charge in [0.15, 0.2) is 18.1 Å². The standard InChI is InChI=1S/C23H31N3O5/c1-6-15-7-9-16(10-8-15)18(26(2)3)13-25-23(28)17-11-19(29-4)22(20(12-17)30-5)31-14-21(24)27/h7-12,18H,6,13-14H2,1-5H3,(H2,24,27)(H,25,28). The number of likely N-dealkylation sites (N-methyl/N-ethyl adjacent to an activating group) is 1. The third-order valence-corrected chi connectivity index (χ3v) is 4.93. The molecule has 0 aliphatic rings. The van der Waals surface area contributed by atoms with Gasteiger partial charge in [-0.3, -0.25) is 9.59 Å². The summed E-state index contributed by atoms with van der Waals surface area (Å²) in [5.41, 5.74) is 7.88. The molecule has 8 nitrogen and oxygen atoms in total. The normalized spacial score (nSPS) is 11.7. The lowest BCUT2D eigenvalue weighted by Gasteiger charge is -2.25. The molecule has 0 saturated heterocycles. The van der Waals surface area contributed by atoms with E-state index in [-0.39, 0.29) is 35.8 Å². The Balaban J connectivity index is 2.19. The SMILES string of the molecule is CCc1ccc(C(CNC(=O)c2cc(OC)c(OCC(N)=O)c(OC)c2)N(C)C)cc1. The molecule has 2 aromatic rings. The first kappa shape index (κ1) is 24.0. The number of primary amides is 1. The topological polar surface area (TPSA) is 103 Å². The largest absolute Gasteiger partial charge is 0.493 e. The summed E-state index contributed by atoms with van der Waals surface area (Å²) in [6, 6.07) is 11.5. The molecule has 0 bridgehead atoms. The van der Waals surface area contributed by atoms with Crippen LogP contribution < -0.4 is 25.3 Å². The number of carbonyl (C=O) groups is 2. The van der Waals surface area contributed by atoms with Crippen molar-refractivity contribution in [3.8, 4) is 17.2 Å². The highest BCUT2D eigenvalue weighted by Crippen LogP contribution is 2.38. The van der Waals surface area contributed by atoms with E-state index >= 15 is 0 Å². The molecule has 0 aliphatic carbocycles. The Morgan fingerprint density at radius 3 is 2.10 bits per heavy atom. The number of methoxy groups -OCH3 is 2.